The van der Waals surface area contributed by atoms with E-state index in [4.69, 9.17) is 0 Å². The van der Waals surface area contributed by atoms with Crippen molar-refractivity contribution in [3.05, 3.63) is 16.1 Å². The number of nitrogens with zero attached hydrogens (tertiary/aromatic N) is 3. The zero-order chi connectivity index (χ0) is 17.6. The summed E-state index contributed by atoms with van der Waals surface area (Å²) in [4.78, 5) is 10.3. The molecule has 1 atom stereocenters. The average molecular weight is 491 g/mol. The lowest BCUT2D eigenvalue weighted by Crippen LogP contribution is -2.45. The molecule has 1 aromatic rings. The van der Waals surface area contributed by atoms with Gasteiger partial charge in [0.25, 0.3) is 0 Å². The SMILES string of the molecule is CCNC(=NCCc1csc(C)n1)NC1CCN(CC(F)(F)F)C1.I. The Morgan fingerprint density at radius 1 is 1.48 bits per heavy atom. The van der Waals surface area contributed by atoms with Gasteiger partial charge in [0.05, 0.1) is 17.2 Å². The number of thiazole rings is 1. The first-order chi connectivity index (χ1) is 11.4. The number of rotatable bonds is 6. The van der Waals surface area contributed by atoms with Gasteiger partial charge in [-0.3, -0.25) is 9.89 Å². The maximum Gasteiger partial charge on any atom is 0.401 e. The van der Waals surface area contributed by atoms with Crippen LogP contribution in [0.3, 0.4) is 0 Å². The molecule has 0 bridgehead atoms. The number of hydrogen-bond acceptors (Lipinski definition) is 4. The molecule has 1 unspecified atom stereocenters. The summed E-state index contributed by atoms with van der Waals surface area (Å²) in [6, 6.07) is -0.00772. The number of aliphatic imine (C=N–C) groups is 1. The Labute approximate surface area is 167 Å². The van der Waals surface area contributed by atoms with Crippen molar-refractivity contribution in [2.75, 3.05) is 32.7 Å². The van der Waals surface area contributed by atoms with Crippen molar-refractivity contribution in [3.8, 4) is 0 Å². The van der Waals surface area contributed by atoms with Crippen LogP contribution in [0.25, 0.3) is 0 Å². The van der Waals surface area contributed by atoms with Crippen LogP contribution in [0.5, 0.6) is 0 Å². The Kier molecular flexibility index (Phi) is 9.43. The van der Waals surface area contributed by atoms with Gasteiger partial charge in [0.15, 0.2) is 5.96 Å². The van der Waals surface area contributed by atoms with Gasteiger partial charge < -0.3 is 10.6 Å². The number of halogens is 4. The Bertz CT molecular complexity index is 550. The summed E-state index contributed by atoms with van der Waals surface area (Å²) in [5, 5.41) is 9.44. The second kappa shape index (κ2) is 10.5. The van der Waals surface area contributed by atoms with E-state index in [1.54, 1.807) is 11.3 Å². The van der Waals surface area contributed by atoms with Gasteiger partial charge in [-0.15, -0.1) is 35.3 Å². The van der Waals surface area contributed by atoms with Gasteiger partial charge in [0.2, 0.25) is 0 Å². The molecule has 1 aromatic heterocycles. The molecule has 2 heterocycles. The number of aryl methyl sites for hydroxylation is 1. The second-order valence-corrected chi connectivity index (χ2v) is 6.91. The molecular weight excluding hydrogens is 466 g/mol. The standard InChI is InChI=1S/C15H24F3N5S.HI/c1-3-19-14(20-6-4-13-9-24-11(2)21-13)22-12-5-7-23(8-12)10-15(16,17)18;/h9,12H,3-8,10H2,1-2H3,(H2,19,20,22);1H. The third kappa shape index (κ3) is 8.54. The minimum absolute atomic E-state index is 0. The van der Waals surface area contributed by atoms with Crippen molar-refractivity contribution < 1.29 is 13.2 Å². The van der Waals surface area contributed by atoms with Crippen LogP contribution in [0.15, 0.2) is 10.4 Å². The van der Waals surface area contributed by atoms with E-state index in [1.165, 1.54) is 4.90 Å². The number of aromatic nitrogens is 1. The predicted octanol–water partition coefficient (Wildman–Crippen LogP) is 2.80. The molecule has 1 aliphatic heterocycles. The topological polar surface area (TPSA) is 52.6 Å². The highest BCUT2D eigenvalue weighted by atomic mass is 127. The zero-order valence-corrected chi connectivity index (χ0v) is 17.5. The van der Waals surface area contributed by atoms with Crippen molar-refractivity contribution in [2.24, 2.45) is 4.99 Å². The molecule has 0 aromatic carbocycles. The quantitative estimate of drug-likeness (QED) is 0.365. The fourth-order valence-electron chi connectivity index (χ4n) is 2.67. The maximum atomic E-state index is 12.4. The van der Waals surface area contributed by atoms with Crippen LogP contribution >= 0.6 is 35.3 Å². The summed E-state index contributed by atoms with van der Waals surface area (Å²) >= 11 is 1.62. The Morgan fingerprint density at radius 3 is 2.84 bits per heavy atom. The van der Waals surface area contributed by atoms with E-state index in [9.17, 15) is 13.2 Å². The van der Waals surface area contributed by atoms with Crippen molar-refractivity contribution in [1.82, 2.24) is 20.5 Å². The van der Waals surface area contributed by atoms with Gasteiger partial charge >= 0.3 is 6.18 Å². The van der Waals surface area contributed by atoms with Crippen LogP contribution in [-0.4, -0.2) is 60.8 Å². The van der Waals surface area contributed by atoms with Crippen molar-refractivity contribution >= 4 is 41.3 Å². The lowest BCUT2D eigenvalue weighted by molar-refractivity contribution is -0.143. The summed E-state index contributed by atoms with van der Waals surface area (Å²) in [7, 11) is 0. The smallest absolute Gasteiger partial charge is 0.357 e. The summed E-state index contributed by atoms with van der Waals surface area (Å²) in [5.41, 5.74) is 1.02. The van der Waals surface area contributed by atoms with Crippen molar-refractivity contribution in [2.45, 2.75) is 38.9 Å². The fourth-order valence-corrected chi connectivity index (χ4v) is 3.31. The van der Waals surface area contributed by atoms with E-state index in [0.717, 1.165) is 17.1 Å². The predicted molar refractivity (Wildman–Crippen MR) is 106 cm³/mol. The molecule has 25 heavy (non-hydrogen) atoms. The van der Waals surface area contributed by atoms with Crippen LogP contribution in [0.4, 0.5) is 13.2 Å². The Balaban J connectivity index is 0.00000312. The largest absolute Gasteiger partial charge is 0.401 e. The number of guanidine groups is 1. The van der Waals surface area contributed by atoms with Gasteiger partial charge in [-0.05, 0) is 20.3 Å². The van der Waals surface area contributed by atoms with Gasteiger partial charge in [-0.2, -0.15) is 13.2 Å². The van der Waals surface area contributed by atoms with Crippen LogP contribution < -0.4 is 10.6 Å². The number of nitrogens with one attached hydrogen (secondary N) is 2. The van der Waals surface area contributed by atoms with Gasteiger partial charge in [-0.25, -0.2) is 4.98 Å². The Morgan fingerprint density at radius 2 is 2.24 bits per heavy atom. The maximum absolute atomic E-state index is 12.4. The Hall–Kier alpha value is -0.620. The first kappa shape index (κ1) is 22.4. The molecular formula is C15H25F3IN5S. The van der Waals surface area contributed by atoms with Crippen LogP contribution in [0.1, 0.15) is 24.0 Å². The third-order valence-corrected chi connectivity index (χ3v) is 4.49. The van der Waals surface area contributed by atoms with Crippen LogP contribution in [-0.2, 0) is 6.42 Å². The van der Waals surface area contributed by atoms with Crippen molar-refractivity contribution in [3.63, 3.8) is 0 Å². The molecule has 1 fully saturated rings. The normalized spacial score (nSPS) is 18.9. The highest BCUT2D eigenvalue weighted by Gasteiger charge is 2.34. The lowest BCUT2D eigenvalue weighted by Gasteiger charge is -2.19. The number of hydrogen-bond donors (Lipinski definition) is 2. The molecule has 0 saturated carbocycles. The van der Waals surface area contributed by atoms with E-state index >= 15 is 0 Å². The molecule has 1 aliphatic rings. The fraction of sp³-hybridized carbons (Fsp3) is 0.733. The lowest BCUT2D eigenvalue weighted by atomic mass is 10.3. The molecule has 10 heteroatoms. The highest BCUT2D eigenvalue weighted by Crippen LogP contribution is 2.19. The molecule has 0 radical (unpaired) electrons. The van der Waals surface area contributed by atoms with Crippen LogP contribution in [0.2, 0.25) is 0 Å². The average Bonchev–Trinajstić information content (AvgIpc) is 3.07. The van der Waals surface area contributed by atoms with E-state index in [2.05, 4.69) is 20.6 Å². The molecule has 144 valence electrons. The summed E-state index contributed by atoms with van der Waals surface area (Å²) in [5.74, 6) is 0.656. The van der Waals surface area contributed by atoms with Crippen molar-refractivity contribution in [1.29, 1.82) is 0 Å². The van der Waals surface area contributed by atoms with E-state index in [0.29, 0.717) is 38.6 Å². The van der Waals surface area contributed by atoms with Gasteiger partial charge in [0, 0.05) is 44.0 Å². The number of likely N-dealkylation sites (tertiary alicyclic amines) is 1. The van der Waals surface area contributed by atoms with E-state index in [1.807, 2.05) is 19.2 Å². The summed E-state index contributed by atoms with van der Waals surface area (Å²) in [6.45, 7) is 5.23. The first-order valence-corrected chi connectivity index (χ1v) is 8.98. The molecule has 0 aliphatic carbocycles. The minimum Gasteiger partial charge on any atom is -0.357 e. The molecule has 5 nitrogen and oxygen atoms in total. The molecule has 2 rings (SSSR count). The summed E-state index contributed by atoms with van der Waals surface area (Å²) < 4.78 is 37.3. The third-order valence-electron chi connectivity index (χ3n) is 3.66. The van der Waals surface area contributed by atoms with E-state index in [-0.39, 0.29) is 30.0 Å². The first-order valence-electron chi connectivity index (χ1n) is 8.10. The van der Waals surface area contributed by atoms with Gasteiger partial charge in [0.1, 0.15) is 0 Å². The molecule has 2 N–H and O–H groups in total. The highest BCUT2D eigenvalue weighted by molar-refractivity contribution is 14.0. The number of alkyl halides is 3. The van der Waals surface area contributed by atoms with Crippen LogP contribution in [0, 0.1) is 6.92 Å². The molecule has 0 spiro atoms. The monoisotopic (exact) mass is 491 g/mol. The van der Waals surface area contributed by atoms with Gasteiger partial charge in [-0.1, -0.05) is 0 Å². The molecule has 0 amide bonds. The summed E-state index contributed by atoms with van der Waals surface area (Å²) in [6.07, 6.45) is -2.70. The van der Waals surface area contributed by atoms with E-state index < -0.39 is 12.7 Å². The molecule has 1 saturated heterocycles. The minimum atomic E-state index is -4.14. The zero-order valence-electron chi connectivity index (χ0n) is 14.4. The second-order valence-electron chi connectivity index (χ2n) is 5.85.